The Labute approximate surface area is 181 Å². The molecule has 0 N–H and O–H groups in total. The summed E-state index contributed by atoms with van der Waals surface area (Å²) in [7, 11) is 0. The molecule has 0 bridgehead atoms. The minimum Gasteiger partial charge on any atom is -0.471 e. The van der Waals surface area contributed by atoms with Gasteiger partial charge in [0.1, 0.15) is 5.75 Å². The van der Waals surface area contributed by atoms with E-state index in [1.54, 1.807) is 16.9 Å². The summed E-state index contributed by atoms with van der Waals surface area (Å²) in [6, 6.07) is 17.5. The number of piperazine rings is 1. The van der Waals surface area contributed by atoms with E-state index in [1.165, 1.54) is 5.56 Å². The Hall–Kier alpha value is -2.83. The highest BCUT2D eigenvalue weighted by molar-refractivity contribution is 6.30. The molecule has 1 aromatic heterocycles. The Balaban J connectivity index is 1.28. The van der Waals surface area contributed by atoms with Gasteiger partial charge in [0.25, 0.3) is 5.91 Å². The first-order valence-corrected chi connectivity index (χ1v) is 10.4. The normalized spacial score (nSPS) is 14.7. The molecular weight excluding hydrogens is 400 g/mol. The van der Waals surface area contributed by atoms with Crippen molar-refractivity contribution < 1.29 is 9.53 Å². The lowest BCUT2D eigenvalue weighted by Crippen LogP contribution is -2.48. The lowest BCUT2D eigenvalue weighted by Gasteiger charge is -2.34. The highest BCUT2D eigenvalue weighted by Gasteiger charge is 2.23. The molecule has 1 fully saturated rings. The third kappa shape index (κ3) is 5.01. The fraction of sp³-hybridized carbons (Fsp3) is 0.304. The van der Waals surface area contributed by atoms with E-state index >= 15 is 0 Å². The van der Waals surface area contributed by atoms with Gasteiger partial charge in [0, 0.05) is 43.9 Å². The monoisotopic (exact) mass is 424 g/mol. The second-order valence-electron chi connectivity index (χ2n) is 7.47. The predicted molar refractivity (Wildman–Crippen MR) is 117 cm³/mol. The second kappa shape index (κ2) is 9.32. The lowest BCUT2D eigenvalue weighted by molar-refractivity contribution is 0.0621. The average Bonchev–Trinajstić information content (AvgIpc) is 3.24. The molecule has 2 aromatic carbocycles. The number of para-hydroxylation sites is 1. The van der Waals surface area contributed by atoms with Gasteiger partial charge in [0.05, 0.1) is 0 Å². The molecular formula is C23H25ClN4O2. The fourth-order valence-corrected chi connectivity index (χ4v) is 3.65. The van der Waals surface area contributed by atoms with Crippen LogP contribution in [-0.4, -0.2) is 51.7 Å². The van der Waals surface area contributed by atoms with E-state index in [-0.39, 0.29) is 12.6 Å². The largest absolute Gasteiger partial charge is 0.471 e. The summed E-state index contributed by atoms with van der Waals surface area (Å²) in [4.78, 5) is 17.0. The molecule has 2 heterocycles. The van der Waals surface area contributed by atoms with Gasteiger partial charge < -0.3 is 9.64 Å². The van der Waals surface area contributed by atoms with E-state index in [4.69, 9.17) is 16.3 Å². The number of hydrogen-bond donors (Lipinski definition) is 0. The summed E-state index contributed by atoms with van der Waals surface area (Å²) in [5.41, 5.74) is 2.75. The summed E-state index contributed by atoms with van der Waals surface area (Å²) in [5.74, 6) is 0.786. The number of hydrogen-bond acceptors (Lipinski definition) is 4. The molecule has 3 aromatic rings. The van der Waals surface area contributed by atoms with Crippen LogP contribution >= 0.6 is 11.6 Å². The number of rotatable bonds is 6. The van der Waals surface area contributed by atoms with Crippen molar-refractivity contribution in [1.82, 2.24) is 19.6 Å². The minimum atomic E-state index is -0.0317. The number of aromatic nitrogens is 2. The van der Waals surface area contributed by atoms with Gasteiger partial charge in [-0.25, -0.2) is 4.68 Å². The van der Waals surface area contributed by atoms with E-state index in [0.29, 0.717) is 18.8 Å². The SMILES string of the molecule is Cc1ccccc1OCn1ccc(C(=O)N2CCN(Cc3ccc(Cl)cc3)CC2)n1. The Bertz CT molecular complexity index is 994. The zero-order chi connectivity index (χ0) is 20.9. The van der Waals surface area contributed by atoms with Crippen LogP contribution in [0.15, 0.2) is 60.8 Å². The summed E-state index contributed by atoms with van der Waals surface area (Å²) in [5, 5.41) is 5.15. The van der Waals surface area contributed by atoms with Gasteiger partial charge in [0.15, 0.2) is 12.4 Å². The van der Waals surface area contributed by atoms with E-state index in [0.717, 1.165) is 36.0 Å². The standard InChI is InChI=1S/C23H25ClN4O2/c1-18-4-2-3-5-22(18)30-17-28-11-10-21(25-28)23(29)27-14-12-26(13-15-27)16-19-6-8-20(24)9-7-19/h2-11H,12-17H2,1H3. The van der Waals surface area contributed by atoms with Crippen LogP contribution in [0.3, 0.4) is 0 Å². The fourth-order valence-electron chi connectivity index (χ4n) is 3.52. The van der Waals surface area contributed by atoms with Gasteiger partial charge in [-0.15, -0.1) is 0 Å². The molecule has 0 atom stereocenters. The predicted octanol–water partition coefficient (Wildman–Crippen LogP) is 3.84. The second-order valence-corrected chi connectivity index (χ2v) is 7.91. The van der Waals surface area contributed by atoms with Crippen LogP contribution in [0.5, 0.6) is 5.75 Å². The minimum absolute atomic E-state index is 0.0317. The molecule has 1 aliphatic rings. The van der Waals surface area contributed by atoms with Crippen molar-refractivity contribution in [3.63, 3.8) is 0 Å². The maximum Gasteiger partial charge on any atom is 0.274 e. The maximum absolute atomic E-state index is 12.8. The Morgan fingerprint density at radius 2 is 1.77 bits per heavy atom. The van der Waals surface area contributed by atoms with Crippen LogP contribution < -0.4 is 4.74 Å². The van der Waals surface area contributed by atoms with Crippen LogP contribution in [-0.2, 0) is 13.3 Å². The van der Waals surface area contributed by atoms with Crippen molar-refractivity contribution in [2.75, 3.05) is 26.2 Å². The lowest BCUT2D eigenvalue weighted by atomic mass is 10.2. The number of carbonyl (C=O) groups is 1. The van der Waals surface area contributed by atoms with Crippen molar-refractivity contribution in [2.24, 2.45) is 0 Å². The molecule has 0 aliphatic carbocycles. The number of nitrogens with zero attached hydrogens (tertiary/aromatic N) is 4. The van der Waals surface area contributed by atoms with Gasteiger partial charge in [0.2, 0.25) is 0 Å². The van der Waals surface area contributed by atoms with E-state index < -0.39 is 0 Å². The topological polar surface area (TPSA) is 50.6 Å². The molecule has 0 unspecified atom stereocenters. The first kappa shape index (κ1) is 20.4. The van der Waals surface area contributed by atoms with Crippen molar-refractivity contribution in [1.29, 1.82) is 0 Å². The van der Waals surface area contributed by atoms with Gasteiger partial charge in [-0.2, -0.15) is 5.10 Å². The van der Waals surface area contributed by atoms with Crippen LogP contribution in [0.2, 0.25) is 5.02 Å². The summed E-state index contributed by atoms with van der Waals surface area (Å²) in [6.07, 6.45) is 1.78. The molecule has 1 aliphatic heterocycles. The molecule has 7 heteroatoms. The third-order valence-electron chi connectivity index (χ3n) is 5.28. The number of amides is 1. The van der Waals surface area contributed by atoms with E-state index in [2.05, 4.69) is 10.00 Å². The number of carbonyl (C=O) groups excluding carboxylic acids is 1. The summed E-state index contributed by atoms with van der Waals surface area (Å²) < 4.78 is 7.45. The van der Waals surface area contributed by atoms with Crippen LogP contribution in [0.1, 0.15) is 21.6 Å². The molecule has 0 spiro atoms. The number of benzene rings is 2. The molecule has 1 saturated heterocycles. The van der Waals surface area contributed by atoms with Crippen molar-refractivity contribution in [3.05, 3.63) is 82.6 Å². The average molecular weight is 425 g/mol. The van der Waals surface area contributed by atoms with Gasteiger partial charge >= 0.3 is 0 Å². The molecule has 30 heavy (non-hydrogen) atoms. The van der Waals surface area contributed by atoms with Gasteiger partial charge in [-0.3, -0.25) is 9.69 Å². The number of halogens is 1. The van der Waals surface area contributed by atoms with Gasteiger partial charge in [-0.05, 0) is 42.3 Å². The molecule has 4 rings (SSSR count). The van der Waals surface area contributed by atoms with Crippen molar-refractivity contribution >= 4 is 17.5 Å². The Morgan fingerprint density at radius 3 is 2.50 bits per heavy atom. The zero-order valence-corrected chi connectivity index (χ0v) is 17.8. The highest BCUT2D eigenvalue weighted by atomic mass is 35.5. The first-order chi connectivity index (χ1) is 14.6. The summed E-state index contributed by atoms with van der Waals surface area (Å²) >= 11 is 5.95. The van der Waals surface area contributed by atoms with E-state index in [9.17, 15) is 4.79 Å². The quantitative estimate of drug-likeness (QED) is 0.603. The van der Waals surface area contributed by atoms with Crippen molar-refractivity contribution in [3.8, 4) is 5.75 Å². The van der Waals surface area contributed by atoms with Crippen LogP contribution in [0, 0.1) is 6.92 Å². The smallest absolute Gasteiger partial charge is 0.274 e. The van der Waals surface area contributed by atoms with Crippen LogP contribution in [0.25, 0.3) is 0 Å². The van der Waals surface area contributed by atoms with Gasteiger partial charge in [-0.1, -0.05) is 41.9 Å². The number of ether oxygens (including phenoxy) is 1. The third-order valence-corrected chi connectivity index (χ3v) is 5.54. The van der Waals surface area contributed by atoms with Crippen molar-refractivity contribution in [2.45, 2.75) is 20.2 Å². The molecule has 6 nitrogen and oxygen atoms in total. The maximum atomic E-state index is 12.8. The zero-order valence-electron chi connectivity index (χ0n) is 17.0. The summed E-state index contributed by atoms with van der Waals surface area (Å²) in [6.45, 7) is 6.20. The number of aryl methyl sites for hydroxylation is 1. The first-order valence-electron chi connectivity index (χ1n) is 10.1. The molecule has 156 valence electrons. The van der Waals surface area contributed by atoms with Crippen LogP contribution in [0.4, 0.5) is 0 Å². The Morgan fingerprint density at radius 1 is 1.03 bits per heavy atom. The molecule has 1 amide bonds. The van der Waals surface area contributed by atoms with E-state index in [1.807, 2.05) is 60.4 Å². The Kier molecular flexibility index (Phi) is 6.35. The highest BCUT2D eigenvalue weighted by Crippen LogP contribution is 2.17. The molecule has 0 saturated carbocycles. The molecule has 0 radical (unpaired) electrons.